The largest absolute Gasteiger partial charge is 0.495 e. The molecule has 3 rings (SSSR count). The summed E-state index contributed by atoms with van der Waals surface area (Å²) in [5.74, 6) is -2.19. The molecule has 1 fully saturated rings. The fourth-order valence-electron chi connectivity index (χ4n) is 2.48. The lowest BCUT2D eigenvalue weighted by Crippen LogP contribution is -2.26. The number of hydrogen-bond acceptors (Lipinski definition) is 8. The van der Waals surface area contributed by atoms with Crippen molar-refractivity contribution in [3.8, 4) is 5.75 Å². The molecule has 0 unspecified atom stereocenters. The van der Waals surface area contributed by atoms with E-state index < -0.39 is 34.4 Å². The van der Waals surface area contributed by atoms with Gasteiger partial charge in [0.15, 0.2) is 6.61 Å². The number of sulfonamides is 1. The number of thiophene rings is 1. The lowest BCUT2D eigenvalue weighted by molar-refractivity contribution is -0.119. The van der Waals surface area contributed by atoms with Gasteiger partial charge in [-0.3, -0.25) is 9.59 Å². The van der Waals surface area contributed by atoms with Gasteiger partial charge in [0, 0.05) is 6.04 Å². The topological polar surface area (TPSA) is 154 Å². The van der Waals surface area contributed by atoms with E-state index in [1.165, 1.54) is 25.3 Å². The van der Waals surface area contributed by atoms with Gasteiger partial charge in [-0.2, -0.15) is 0 Å². The maximum Gasteiger partial charge on any atom is 0.338 e. The molecule has 4 N–H and O–H groups in total. The first-order valence-electron chi connectivity index (χ1n) is 8.76. The van der Waals surface area contributed by atoms with Gasteiger partial charge in [0.25, 0.3) is 11.8 Å². The number of anilines is 1. The predicted molar refractivity (Wildman–Crippen MR) is 108 cm³/mol. The molecule has 30 heavy (non-hydrogen) atoms. The van der Waals surface area contributed by atoms with Crippen LogP contribution in [0.3, 0.4) is 0 Å². The van der Waals surface area contributed by atoms with Gasteiger partial charge in [-0.1, -0.05) is 0 Å². The van der Waals surface area contributed by atoms with E-state index in [1.807, 2.05) is 0 Å². The Balaban J connectivity index is 1.67. The zero-order valence-corrected chi connectivity index (χ0v) is 17.5. The van der Waals surface area contributed by atoms with E-state index in [9.17, 15) is 22.8 Å². The van der Waals surface area contributed by atoms with Crippen molar-refractivity contribution in [3.63, 3.8) is 0 Å². The number of hydrogen-bond donors (Lipinski definition) is 3. The van der Waals surface area contributed by atoms with E-state index >= 15 is 0 Å². The van der Waals surface area contributed by atoms with Gasteiger partial charge in [-0.05, 0) is 42.5 Å². The molecule has 160 valence electrons. The summed E-state index contributed by atoms with van der Waals surface area (Å²) in [6.07, 6.45) is 1.50. The molecule has 2 amide bonds. The summed E-state index contributed by atoms with van der Waals surface area (Å²) in [6, 6.07) is 5.14. The number of methoxy groups -OCH3 is 1. The molecular weight excluding hydrogens is 434 g/mol. The zero-order chi connectivity index (χ0) is 21.9. The summed E-state index contributed by atoms with van der Waals surface area (Å²) in [6.45, 7) is -0.636. The molecule has 0 aliphatic heterocycles. The van der Waals surface area contributed by atoms with E-state index in [-0.39, 0.29) is 32.8 Å². The van der Waals surface area contributed by atoms with E-state index in [0.29, 0.717) is 0 Å². The second kappa shape index (κ2) is 8.81. The number of ether oxygens (including phenoxy) is 2. The minimum absolute atomic E-state index is 0.0614. The van der Waals surface area contributed by atoms with Crippen LogP contribution in [0.1, 0.15) is 33.6 Å². The number of benzene rings is 1. The standard InChI is InChI=1S/C18H19N3O7S2/c1-27-13-5-2-10(8-14(13)30(25,26)21-11-3-4-11)18(24)28-9-15(22)20-17-12(16(19)23)6-7-29-17/h2,5-8,11,21H,3-4,9H2,1H3,(H2,19,23)(H,20,22). The highest BCUT2D eigenvalue weighted by Crippen LogP contribution is 2.28. The van der Waals surface area contributed by atoms with E-state index in [2.05, 4.69) is 10.0 Å². The smallest absolute Gasteiger partial charge is 0.338 e. The van der Waals surface area contributed by atoms with Crippen LogP contribution >= 0.6 is 11.3 Å². The number of primary amides is 1. The molecule has 1 aromatic heterocycles. The van der Waals surface area contributed by atoms with Gasteiger partial charge in [0.2, 0.25) is 10.0 Å². The third-order valence-corrected chi connectivity index (χ3v) is 6.48. The molecule has 0 radical (unpaired) electrons. The van der Waals surface area contributed by atoms with Crippen molar-refractivity contribution in [2.75, 3.05) is 19.0 Å². The average molecular weight is 453 g/mol. The molecule has 0 bridgehead atoms. The number of nitrogens with two attached hydrogens (primary N) is 1. The van der Waals surface area contributed by atoms with Crippen LogP contribution in [0.2, 0.25) is 0 Å². The van der Waals surface area contributed by atoms with Crippen molar-refractivity contribution >= 4 is 44.1 Å². The fourth-order valence-corrected chi connectivity index (χ4v) is 4.78. The highest BCUT2D eigenvalue weighted by Gasteiger charge is 2.30. The van der Waals surface area contributed by atoms with Crippen LogP contribution in [0.15, 0.2) is 34.5 Å². The van der Waals surface area contributed by atoms with Crippen LogP contribution in [0, 0.1) is 0 Å². The molecule has 10 nitrogen and oxygen atoms in total. The van der Waals surface area contributed by atoms with Crippen molar-refractivity contribution in [1.82, 2.24) is 4.72 Å². The van der Waals surface area contributed by atoms with Gasteiger partial charge >= 0.3 is 5.97 Å². The third-order valence-electron chi connectivity index (χ3n) is 4.11. The summed E-state index contributed by atoms with van der Waals surface area (Å²) in [7, 11) is -2.56. The Hall–Kier alpha value is -2.96. The molecule has 0 spiro atoms. The van der Waals surface area contributed by atoms with E-state index in [0.717, 1.165) is 30.2 Å². The molecule has 1 saturated carbocycles. The first-order chi connectivity index (χ1) is 14.2. The van der Waals surface area contributed by atoms with Crippen molar-refractivity contribution in [3.05, 3.63) is 40.8 Å². The molecule has 12 heteroatoms. The average Bonchev–Trinajstić information content (AvgIpc) is 3.38. The van der Waals surface area contributed by atoms with Crippen molar-refractivity contribution in [2.24, 2.45) is 5.73 Å². The zero-order valence-electron chi connectivity index (χ0n) is 15.8. The number of amides is 2. The van der Waals surface area contributed by atoms with Gasteiger partial charge in [0.05, 0.1) is 18.2 Å². The van der Waals surface area contributed by atoms with Crippen LogP contribution in [0.25, 0.3) is 0 Å². The molecule has 1 aliphatic carbocycles. The minimum atomic E-state index is -3.88. The summed E-state index contributed by atoms with van der Waals surface area (Å²) in [5.41, 5.74) is 5.29. The summed E-state index contributed by atoms with van der Waals surface area (Å²) < 4.78 is 37.6. The summed E-state index contributed by atoms with van der Waals surface area (Å²) in [4.78, 5) is 35.4. The second-order valence-electron chi connectivity index (χ2n) is 6.41. The number of carbonyl (C=O) groups is 3. The maximum absolute atomic E-state index is 12.5. The summed E-state index contributed by atoms with van der Waals surface area (Å²) in [5, 5.41) is 4.26. The number of nitrogens with one attached hydrogen (secondary N) is 2. The number of rotatable bonds is 9. The Bertz CT molecular complexity index is 1090. The highest BCUT2D eigenvalue weighted by molar-refractivity contribution is 7.89. The summed E-state index contributed by atoms with van der Waals surface area (Å²) >= 11 is 1.09. The Morgan fingerprint density at radius 2 is 1.97 bits per heavy atom. The normalized spacial score (nSPS) is 13.5. The minimum Gasteiger partial charge on any atom is -0.495 e. The third kappa shape index (κ3) is 5.14. The van der Waals surface area contributed by atoms with Crippen LogP contribution in [0.4, 0.5) is 5.00 Å². The SMILES string of the molecule is COc1ccc(C(=O)OCC(=O)Nc2sccc2C(N)=O)cc1S(=O)(=O)NC1CC1. The molecule has 0 saturated heterocycles. The first kappa shape index (κ1) is 21.7. The van der Waals surface area contributed by atoms with E-state index in [1.54, 1.807) is 5.38 Å². The first-order valence-corrected chi connectivity index (χ1v) is 11.1. The molecule has 1 aromatic carbocycles. The van der Waals surface area contributed by atoms with Crippen molar-refractivity contribution < 1.29 is 32.3 Å². The molecule has 1 aliphatic rings. The maximum atomic E-state index is 12.5. The Morgan fingerprint density at radius 3 is 2.60 bits per heavy atom. The molecule has 2 aromatic rings. The van der Waals surface area contributed by atoms with Gasteiger partial charge in [0.1, 0.15) is 15.6 Å². The van der Waals surface area contributed by atoms with Gasteiger partial charge in [-0.25, -0.2) is 17.9 Å². The lowest BCUT2D eigenvalue weighted by Gasteiger charge is -2.12. The lowest BCUT2D eigenvalue weighted by atomic mass is 10.2. The quantitative estimate of drug-likeness (QED) is 0.480. The van der Waals surface area contributed by atoms with Crippen molar-refractivity contribution in [2.45, 2.75) is 23.8 Å². The van der Waals surface area contributed by atoms with Crippen LogP contribution in [0.5, 0.6) is 5.75 Å². The van der Waals surface area contributed by atoms with Gasteiger partial charge < -0.3 is 20.5 Å². The molecular formula is C18H19N3O7S2. The Labute approximate surface area is 176 Å². The predicted octanol–water partition coefficient (Wildman–Crippen LogP) is 1.09. The number of esters is 1. The fraction of sp³-hybridized carbons (Fsp3) is 0.278. The van der Waals surface area contributed by atoms with Crippen LogP contribution in [-0.2, 0) is 19.6 Å². The van der Waals surface area contributed by atoms with E-state index in [4.69, 9.17) is 15.2 Å². The van der Waals surface area contributed by atoms with Gasteiger partial charge in [-0.15, -0.1) is 11.3 Å². The number of carbonyl (C=O) groups excluding carboxylic acids is 3. The van der Waals surface area contributed by atoms with Crippen LogP contribution in [-0.4, -0.2) is 46.0 Å². The highest BCUT2D eigenvalue weighted by atomic mass is 32.2. The second-order valence-corrected chi connectivity index (χ2v) is 9.01. The molecule has 1 heterocycles. The monoisotopic (exact) mass is 453 g/mol. The van der Waals surface area contributed by atoms with Crippen molar-refractivity contribution in [1.29, 1.82) is 0 Å². The Kier molecular flexibility index (Phi) is 6.39. The molecule has 0 atom stereocenters. The van der Waals surface area contributed by atoms with Crippen LogP contribution < -0.4 is 20.5 Å². The Morgan fingerprint density at radius 1 is 1.23 bits per heavy atom.